The molecule has 17 heavy (non-hydrogen) atoms. The monoisotopic (exact) mass is 238 g/mol. The highest BCUT2D eigenvalue weighted by molar-refractivity contribution is 5.17. The van der Waals surface area contributed by atoms with Crippen molar-refractivity contribution in [1.82, 2.24) is 10.3 Å². The molecular formula is C14H23FN2. The second-order valence-corrected chi connectivity index (χ2v) is 4.40. The average Bonchev–Trinajstić information content (AvgIpc) is 2.35. The van der Waals surface area contributed by atoms with Gasteiger partial charge >= 0.3 is 0 Å². The minimum absolute atomic E-state index is 0.129. The molecule has 1 unspecified atom stereocenters. The van der Waals surface area contributed by atoms with Gasteiger partial charge in [0.05, 0.1) is 6.20 Å². The van der Waals surface area contributed by atoms with Crippen molar-refractivity contribution in [2.45, 2.75) is 52.0 Å². The van der Waals surface area contributed by atoms with Gasteiger partial charge in [0.2, 0.25) is 0 Å². The van der Waals surface area contributed by atoms with Gasteiger partial charge in [0.15, 0.2) is 0 Å². The standard InChI is InChI=1S/C14H23FN2/c1-3-5-6-7-14(17-9-4-2)12-8-10-16-11-13(12)15/h8,10-11,14,17H,3-7,9H2,1-2H3. The molecule has 3 heteroatoms. The Bertz CT molecular complexity index is 315. The smallest absolute Gasteiger partial charge is 0.146 e. The third-order valence-corrected chi connectivity index (χ3v) is 2.92. The van der Waals surface area contributed by atoms with Crippen molar-refractivity contribution in [2.75, 3.05) is 6.54 Å². The van der Waals surface area contributed by atoms with Crippen molar-refractivity contribution in [1.29, 1.82) is 0 Å². The number of aromatic nitrogens is 1. The lowest BCUT2D eigenvalue weighted by Gasteiger charge is -2.19. The van der Waals surface area contributed by atoms with Crippen LogP contribution < -0.4 is 5.32 Å². The van der Waals surface area contributed by atoms with Crippen molar-refractivity contribution >= 4 is 0 Å². The van der Waals surface area contributed by atoms with Crippen molar-refractivity contribution in [2.24, 2.45) is 0 Å². The molecule has 1 atom stereocenters. The fraction of sp³-hybridized carbons (Fsp3) is 0.643. The predicted octanol–water partition coefficient (Wildman–Crippen LogP) is 3.84. The number of hydrogen-bond donors (Lipinski definition) is 1. The molecule has 0 aliphatic heterocycles. The highest BCUT2D eigenvalue weighted by Crippen LogP contribution is 2.21. The molecule has 0 saturated carbocycles. The lowest BCUT2D eigenvalue weighted by Crippen LogP contribution is -2.23. The summed E-state index contributed by atoms with van der Waals surface area (Å²) in [5.41, 5.74) is 0.754. The van der Waals surface area contributed by atoms with Crippen LogP contribution in [0.25, 0.3) is 0 Å². The van der Waals surface area contributed by atoms with E-state index in [2.05, 4.69) is 24.1 Å². The minimum atomic E-state index is -0.197. The fourth-order valence-corrected chi connectivity index (χ4v) is 1.95. The van der Waals surface area contributed by atoms with E-state index in [1.807, 2.05) is 0 Å². The van der Waals surface area contributed by atoms with E-state index in [0.29, 0.717) is 0 Å². The normalized spacial score (nSPS) is 12.6. The summed E-state index contributed by atoms with van der Waals surface area (Å²) in [5, 5.41) is 3.42. The van der Waals surface area contributed by atoms with Crippen LogP contribution in [0, 0.1) is 5.82 Å². The Balaban J connectivity index is 2.64. The molecule has 0 saturated heterocycles. The van der Waals surface area contributed by atoms with Crippen LogP contribution in [0.15, 0.2) is 18.5 Å². The Morgan fingerprint density at radius 3 is 2.76 bits per heavy atom. The summed E-state index contributed by atoms with van der Waals surface area (Å²) in [6.45, 7) is 5.24. The number of nitrogens with zero attached hydrogens (tertiary/aromatic N) is 1. The Kier molecular flexibility index (Phi) is 6.78. The Labute approximate surface area is 104 Å². The van der Waals surface area contributed by atoms with Crippen LogP contribution in [-0.2, 0) is 0 Å². The fourth-order valence-electron chi connectivity index (χ4n) is 1.95. The van der Waals surface area contributed by atoms with Crippen LogP contribution in [-0.4, -0.2) is 11.5 Å². The van der Waals surface area contributed by atoms with Gasteiger partial charge in [0.25, 0.3) is 0 Å². The summed E-state index contributed by atoms with van der Waals surface area (Å²) < 4.78 is 13.7. The van der Waals surface area contributed by atoms with Crippen LogP contribution in [0.4, 0.5) is 4.39 Å². The lowest BCUT2D eigenvalue weighted by molar-refractivity contribution is 0.453. The summed E-state index contributed by atoms with van der Waals surface area (Å²) in [7, 11) is 0. The molecule has 0 aromatic carbocycles. The van der Waals surface area contributed by atoms with Gasteiger partial charge in [-0.3, -0.25) is 4.98 Å². The van der Waals surface area contributed by atoms with Crippen molar-refractivity contribution in [3.8, 4) is 0 Å². The zero-order valence-corrected chi connectivity index (χ0v) is 10.9. The molecule has 0 aliphatic carbocycles. The first-order chi connectivity index (χ1) is 8.29. The van der Waals surface area contributed by atoms with Crippen LogP contribution in [0.5, 0.6) is 0 Å². The van der Waals surface area contributed by atoms with Crippen LogP contribution in [0.3, 0.4) is 0 Å². The predicted molar refractivity (Wildman–Crippen MR) is 69.4 cm³/mol. The van der Waals surface area contributed by atoms with E-state index in [1.165, 1.54) is 19.0 Å². The molecule has 1 heterocycles. The second-order valence-electron chi connectivity index (χ2n) is 4.40. The third kappa shape index (κ3) is 4.82. The number of unbranched alkanes of at least 4 members (excludes halogenated alkanes) is 2. The molecule has 0 aliphatic rings. The summed E-state index contributed by atoms with van der Waals surface area (Å²) in [6.07, 6.45) is 8.57. The number of nitrogens with one attached hydrogen (secondary N) is 1. The Hall–Kier alpha value is -0.960. The number of halogens is 1. The summed E-state index contributed by atoms with van der Waals surface area (Å²) >= 11 is 0. The summed E-state index contributed by atoms with van der Waals surface area (Å²) in [6, 6.07) is 1.92. The van der Waals surface area contributed by atoms with Crippen LogP contribution >= 0.6 is 0 Å². The van der Waals surface area contributed by atoms with Crippen molar-refractivity contribution in [3.63, 3.8) is 0 Å². The van der Waals surface area contributed by atoms with Gasteiger partial charge in [-0.1, -0.05) is 33.1 Å². The highest BCUT2D eigenvalue weighted by Gasteiger charge is 2.14. The van der Waals surface area contributed by atoms with Crippen molar-refractivity contribution < 1.29 is 4.39 Å². The van der Waals surface area contributed by atoms with E-state index in [-0.39, 0.29) is 11.9 Å². The first-order valence-corrected chi connectivity index (χ1v) is 6.62. The van der Waals surface area contributed by atoms with Gasteiger partial charge in [0, 0.05) is 17.8 Å². The van der Waals surface area contributed by atoms with E-state index >= 15 is 0 Å². The summed E-state index contributed by atoms with van der Waals surface area (Å²) in [5.74, 6) is -0.197. The lowest BCUT2D eigenvalue weighted by atomic mass is 10.0. The zero-order valence-electron chi connectivity index (χ0n) is 10.9. The van der Waals surface area contributed by atoms with Gasteiger partial charge in [-0.25, -0.2) is 4.39 Å². The zero-order chi connectivity index (χ0) is 12.5. The maximum absolute atomic E-state index is 13.7. The second kappa shape index (κ2) is 8.18. The molecule has 0 amide bonds. The molecule has 1 N–H and O–H groups in total. The first-order valence-electron chi connectivity index (χ1n) is 6.62. The molecule has 0 bridgehead atoms. The number of pyridine rings is 1. The van der Waals surface area contributed by atoms with E-state index < -0.39 is 0 Å². The highest BCUT2D eigenvalue weighted by atomic mass is 19.1. The van der Waals surface area contributed by atoms with Crippen molar-refractivity contribution in [3.05, 3.63) is 29.8 Å². The molecule has 1 rings (SSSR count). The Morgan fingerprint density at radius 2 is 2.12 bits per heavy atom. The molecule has 2 nitrogen and oxygen atoms in total. The molecular weight excluding hydrogens is 215 g/mol. The first kappa shape index (κ1) is 14.1. The van der Waals surface area contributed by atoms with Gasteiger partial charge in [-0.2, -0.15) is 0 Å². The van der Waals surface area contributed by atoms with E-state index in [1.54, 1.807) is 12.3 Å². The van der Waals surface area contributed by atoms with E-state index in [0.717, 1.165) is 31.4 Å². The summed E-state index contributed by atoms with van der Waals surface area (Å²) in [4.78, 5) is 3.80. The Morgan fingerprint density at radius 1 is 1.29 bits per heavy atom. The topological polar surface area (TPSA) is 24.9 Å². The van der Waals surface area contributed by atoms with Crippen LogP contribution in [0.2, 0.25) is 0 Å². The quantitative estimate of drug-likeness (QED) is 0.696. The molecule has 1 aromatic heterocycles. The molecule has 96 valence electrons. The SMILES string of the molecule is CCCCCC(NCCC)c1ccncc1F. The maximum atomic E-state index is 13.7. The molecule has 1 aromatic rings. The number of rotatable bonds is 8. The third-order valence-electron chi connectivity index (χ3n) is 2.92. The number of hydrogen-bond acceptors (Lipinski definition) is 2. The van der Waals surface area contributed by atoms with E-state index in [4.69, 9.17) is 0 Å². The largest absolute Gasteiger partial charge is 0.310 e. The van der Waals surface area contributed by atoms with Crippen LogP contribution in [0.1, 0.15) is 57.6 Å². The maximum Gasteiger partial charge on any atom is 0.146 e. The van der Waals surface area contributed by atoms with Gasteiger partial charge in [-0.05, 0) is 25.5 Å². The molecule has 0 spiro atoms. The van der Waals surface area contributed by atoms with Gasteiger partial charge in [-0.15, -0.1) is 0 Å². The van der Waals surface area contributed by atoms with Gasteiger partial charge < -0.3 is 5.32 Å². The molecule has 0 radical (unpaired) electrons. The average molecular weight is 238 g/mol. The van der Waals surface area contributed by atoms with Gasteiger partial charge in [0.1, 0.15) is 5.82 Å². The molecule has 0 fully saturated rings. The van der Waals surface area contributed by atoms with E-state index in [9.17, 15) is 4.39 Å². The minimum Gasteiger partial charge on any atom is -0.310 e.